The molecule has 0 aliphatic heterocycles. The molecular formula is C14H16N2O4. The first-order valence-electron chi connectivity index (χ1n) is 6.45. The van der Waals surface area contributed by atoms with E-state index >= 15 is 0 Å². The van der Waals surface area contributed by atoms with Crippen molar-refractivity contribution >= 4 is 5.97 Å². The largest absolute Gasteiger partial charge is 0.478 e. The van der Waals surface area contributed by atoms with Crippen LogP contribution in [0.2, 0.25) is 0 Å². The summed E-state index contributed by atoms with van der Waals surface area (Å²) in [5, 5.41) is 16.9. The molecule has 1 heterocycles. The topological polar surface area (TPSA) is 85.5 Å². The van der Waals surface area contributed by atoms with Gasteiger partial charge in [0.05, 0.1) is 17.7 Å². The molecule has 1 aromatic carbocycles. The average Bonchev–Trinajstić information content (AvgIpc) is 2.92. The van der Waals surface area contributed by atoms with Crippen LogP contribution in [0.5, 0.6) is 0 Å². The predicted molar refractivity (Wildman–Crippen MR) is 71.5 cm³/mol. The summed E-state index contributed by atoms with van der Waals surface area (Å²) in [4.78, 5) is 11.1. The lowest BCUT2D eigenvalue weighted by atomic mass is 10.1. The fourth-order valence-corrected chi connectivity index (χ4v) is 1.73. The first-order valence-corrected chi connectivity index (χ1v) is 6.45. The second kappa shape index (κ2) is 6.81. The summed E-state index contributed by atoms with van der Waals surface area (Å²) in [7, 11) is 0. The van der Waals surface area contributed by atoms with E-state index in [1.54, 1.807) is 18.2 Å². The summed E-state index contributed by atoms with van der Waals surface area (Å²) in [6, 6.07) is 6.54. The van der Waals surface area contributed by atoms with Crippen LogP contribution in [-0.2, 0) is 11.2 Å². The first-order chi connectivity index (χ1) is 9.72. The summed E-state index contributed by atoms with van der Waals surface area (Å²) in [5.74, 6) is -0.364. The van der Waals surface area contributed by atoms with Crippen molar-refractivity contribution in [2.24, 2.45) is 0 Å². The van der Waals surface area contributed by atoms with Gasteiger partial charge in [0.15, 0.2) is 0 Å². The van der Waals surface area contributed by atoms with E-state index in [-0.39, 0.29) is 11.5 Å². The fourth-order valence-electron chi connectivity index (χ4n) is 1.73. The third-order valence-electron chi connectivity index (χ3n) is 2.66. The summed E-state index contributed by atoms with van der Waals surface area (Å²) in [6.07, 6.45) is 1.48. The minimum absolute atomic E-state index is 0.143. The number of ether oxygens (including phenoxy) is 1. The summed E-state index contributed by atoms with van der Waals surface area (Å²) in [6.45, 7) is 3.24. The van der Waals surface area contributed by atoms with Gasteiger partial charge in [0.2, 0.25) is 11.8 Å². The maximum absolute atomic E-state index is 11.1. The quantitative estimate of drug-likeness (QED) is 0.781. The number of carboxylic acids is 1. The number of rotatable bonds is 7. The number of carbonyl (C=O) groups is 1. The van der Waals surface area contributed by atoms with Gasteiger partial charge in [-0.1, -0.05) is 19.1 Å². The normalized spacial score (nSPS) is 10.7. The van der Waals surface area contributed by atoms with E-state index in [1.807, 2.05) is 6.92 Å². The molecule has 106 valence electrons. The molecule has 0 fully saturated rings. The average molecular weight is 276 g/mol. The lowest BCUT2D eigenvalue weighted by Gasteiger charge is -2.00. The van der Waals surface area contributed by atoms with Crippen molar-refractivity contribution in [3.63, 3.8) is 0 Å². The molecule has 0 aliphatic carbocycles. The van der Waals surface area contributed by atoms with E-state index in [9.17, 15) is 4.79 Å². The number of benzene rings is 1. The Morgan fingerprint density at radius 1 is 1.30 bits per heavy atom. The molecule has 20 heavy (non-hydrogen) atoms. The van der Waals surface area contributed by atoms with Crippen LogP contribution in [0.1, 0.15) is 29.6 Å². The van der Waals surface area contributed by atoms with E-state index in [0.29, 0.717) is 31.1 Å². The van der Waals surface area contributed by atoms with Crippen LogP contribution in [0.4, 0.5) is 0 Å². The van der Waals surface area contributed by atoms with Crippen LogP contribution in [0.3, 0.4) is 0 Å². The smallest absolute Gasteiger partial charge is 0.336 e. The molecule has 0 aliphatic rings. The Bertz CT molecular complexity index is 580. The molecule has 6 nitrogen and oxygen atoms in total. The third-order valence-corrected chi connectivity index (χ3v) is 2.66. The summed E-state index contributed by atoms with van der Waals surface area (Å²) in [5.41, 5.74) is 0.568. The molecule has 1 N–H and O–H groups in total. The SMILES string of the molecule is CCCOCCc1nnc(-c2ccccc2C(=O)O)o1. The van der Waals surface area contributed by atoms with Crippen LogP contribution < -0.4 is 0 Å². The monoisotopic (exact) mass is 276 g/mol. The summed E-state index contributed by atoms with van der Waals surface area (Å²) >= 11 is 0. The molecule has 6 heteroatoms. The van der Waals surface area contributed by atoms with Crippen LogP contribution in [-0.4, -0.2) is 34.5 Å². The molecule has 0 bridgehead atoms. The van der Waals surface area contributed by atoms with Crippen LogP contribution in [0.15, 0.2) is 28.7 Å². The van der Waals surface area contributed by atoms with Crippen molar-refractivity contribution < 1.29 is 19.1 Å². The Morgan fingerprint density at radius 2 is 2.10 bits per heavy atom. The van der Waals surface area contributed by atoms with E-state index in [2.05, 4.69) is 10.2 Å². The van der Waals surface area contributed by atoms with Gasteiger partial charge in [-0.2, -0.15) is 0 Å². The van der Waals surface area contributed by atoms with Crippen LogP contribution >= 0.6 is 0 Å². The maximum Gasteiger partial charge on any atom is 0.336 e. The Kier molecular flexibility index (Phi) is 4.84. The number of aromatic nitrogens is 2. The maximum atomic E-state index is 11.1. The zero-order valence-corrected chi connectivity index (χ0v) is 11.2. The Balaban J connectivity index is 2.11. The van der Waals surface area contributed by atoms with Crippen molar-refractivity contribution in [1.29, 1.82) is 0 Å². The van der Waals surface area contributed by atoms with Crippen molar-refractivity contribution in [1.82, 2.24) is 10.2 Å². The molecule has 2 rings (SSSR count). The Hall–Kier alpha value is -2.21. The van der Waals surface area contributed by atoms with E-state index in [4.69, 9.17) is 14.3 Å². The Labute approximate surface area is 116 Å². The van der Waals surface area contributed by atoms with Gasteiger partial charge in [0.25, 0.3) is 0 Å². The van der Waals surface area contributed by atoms with Gasteiger partial charge in [-0.3, -0.25) is 0 Å². The van der Waals surface area contributed by atoms with Crippen LogP contribution in [0.25, 0.3) is 11.5 Å². The highest BCUT2D eigenvalue weighted by molar-refractivity contribution is 5.94. The molecule has 0 saturated heterocycles. The number of hydrogen-bond acceptors (Lipinski definition) is 5. The lowest BCUT2D eigenvalue weighted by Crippen LogP contribution is -1.99. The molecule has 0 amide bonds. The van der Waals surface area contributed by atoms with Gasteiger partial charge in [-0.15, -0.1) is 10.2 Å². The van der Waals surface area contributed by atoms with Crippen molar-refractivity contribution in [2.45, 2.75) is 19.8 Å². The second-order valence-corrected chi connectivity index (χ2v) is 4.21. The molecular weight excluding hydrogens is 260 g/mol. The molecule has 0 radical (unpaired) electrons. The van der Waals surface area contributed by atoms with E-state index in [0.717, 1.165) is 6.42 Å². The number of carboxylic acid groups (broad SMARTS) is 1. The molecule has 0 saturated carbocycles. The molecule has 1 aromatic heterocycles. The predicted octanol–water partition coefficient (Wildman–Crippen LogP) is 2.40. The van der Waals surface area contributed by atoms with Crippen LogP contribution in [0, 0.1) is 0 Å². The minimum Gasteiger partial charge on any atom is -0.478 e. The van der Waals surface area contributed by atoms with Gasteiger partial charge in [0, 0.05) is 13.0 Å². The molecule has 2 aromatic rings. The van der Waals surface area contributed by atoms with Gasteiger partial charge >= 0.3 is 5.97 Å². The van der Waals surface area contributed by atoms with Crippen molar-refractivity contribution in [3.8, 4) is 11.5 Å². The number of hydrogen-bond donors (Lipinski definition) is 1. The summed E-state index contributed by atoms with van der Waals surface area (Å²) < 4.78 is 10.8. The highest BCUT2D eigenvalue weighted by Gasteiger charge is 2.16. The van der Waals surface area contributed by atoms with Crippen molar-refractivity contribution in [2.75, 3.05) is 13.2 Å². The highest BCUT2D eigenvalue weighted by Crippen LogP contribution is 2.22. The number of aromatic carboxylic acids is 1. The lowest BCUT2D eigenvalue weighted by molar-refractivity contribution is 0.0697. The van der Waals surface area contributed by atoms with Crippen molar-refractivity contribution in [3.05, 3.63) is 35.7 Å². The van der Waals surface area contributed by atoms with Gasteiger partial charge in [-0.25, -0.2) is 4.79 Å². The standard InChI is InChI=1S/C14H16N2O4/c1-2-8-19-9-7-12-15-16-13(20-12)10-5-3-4-6-11(10)14(17)18/h3-6H,2,7-9H2,1H3,(H,17,18). The third kappa shape index (κ3) is 3.42. The molecule has 0 atom stereocenters. The highest BCUT2D eigenvalue weighted by atomic mass is 16.5. The molecule has 0 unspecified atom stereocenters. The van der Waals surface area contributed by atoms with E-state index in [1.165, 1.54) is 6.07 Å². The number of nitrogens with zero attached hydrogens (tertiary/aromatic N) is 2. The zero-order chi connectivity index (χ0) is 14.4. The Morgan fingerprint density at radius 3 is 2.85 bits per heavy atom. The zero-order valence-electron chi connectivity index (χ0n) is 11.2. The van der Waals surface area contributed by atoms with Gasteiger partial charge < -0.3 is 14.3 Å². The van der Waals surface area contributed by atoms with Gasteiger partial charge in [0.1, 0.15) is 0 Å². The van der Waals surface area contributed by atoms with E-state index < -0.39 is 5.97 Å². The minimum atomic E-state index is -1.02. The first kappa shape index (κ1) is 14.2. The van der Waals surface area contributed by atoms with Gasteiger partial charge in [-0.05, 0) is 18.6 Å². The second-order valence-electron chi connectivity index (χ2n) is 4.21. The molecule has 0 spiro atoms. The fraction of sp³-hybridized carbons (Fsp3) is 0.357.